The number of esters is 1. The molecule has 0 bridgehead atoms. The number of carbonyl (C=O) groups excluding carboxylic acids is 1. The number of carbonyl (C=O) groups is 1. The van der Waals surface area contributed by atoms with Crippen molar-refractivity contribution in [2.75, 3.05) is 6.61 Å². The molecule has 188 valence electrons. The van der Waals surface area contributed by atoms with Crippen LogP contribution in [0.3, 0.4) is 0 Å². The van der Waals surface area contributed by atoms with Crippen molar-refractivity contribution < 1.29 is 27.4 Å². The Labute approximate surface area is 199 Å². The van der Waals surface area contributed by atoms with Gasteiger partial charge in [-0.15, -0.1) is 0 Å². The van der Waals surface area contributed by atoms with Crippen LogP contribution >= 0.6 is 0 Å². The van der Waals surface area contributed by atoms with Crippen molar-refractivity contribution in [3.05, 3.63) is 50.9 Å². The van der Waals surface area contributed by atoms with E-state index in [0.717, 1.165) is 29.2 Å². The zero-order valence-corrected chi connectivity index (χ0v) is 19.8. The lowest BCUT2D eigenvalue weighted by Crippen LogP contribution is -2.35. The molecule has 0 atom stereocenters. The van der Waals surface area contributed by atoms with Gasteiger partial charge in [0.15, 0.2) is 11.6 Å². The second kappa shape index (κ2) is 9.71. The Morgan fingerprint density at radius 1 is 1.20 bits per heavy atom. The largest absolute Gasteiger partial charge is 0.484 e. The van der Waals surface area contributed by atoms with Gasteiger partial charge in [0, 0.05) is 17.7 Å². The van der Waals surface area contributed by atoms with Crippen LogP contribution in [0.5, 0.6) is 5.75 Å². The summed E-state index contributed by atoms with van der Waals surface area (Å²) in [7, 11) is 0. The van der Waals surface area contributed by atoms with E-state index in [-0.39, 0.29) is 24.3 Å². The predicted molar refractivity (Wildman–Crippen MR) is 121 cm³/mol. The van der Waals surface area contributed by atoms with E-state index in [1.165, 1.54) is 6.07 Å². The topological polar surface area (TPSA) is 99.1 Å². The SMILES string of the molecule is CC(C)(C)OC(=O)Cn1nc(Cc2nc3cc(OCC(F)F)c(F)cc3[nH]2)c2c(c1=O)CCCC2. The highest BCUT2D eigenvalue weighted by Crippen LogP contribution is 2.26. The van der Waals surface area contributed by atoms with Gasteiger partial charge in [-0.25, -0.2) is 22.8 Å². The standard InChI is InChI=1S/C24H27F3N4O4/c1-24(2,3)35-22(32)11-31-23(33)14-7-5-4-6-13(14)16(30-31)10-21-28-17-8-15(25)19(9-18(17)29-21)34-12-20(26)27/h8-9,20H,4-7,10-12H2,1-3H3,(H,28,29). The molecule has 1 aliphatic carbocycles. The summed E-state index contributed by atoms with van der Waals surface area (Å²) in [5.41, 5.74) is 1.79. The summed E-state index contributed by atoms with van der Waals surface area (Å²) in [4.78, 5) is 32.8. The summed E-state index contributed by atoms with van der Waals surface area (Å²) in [5, 5.41) is 4.47. The van der Waals surface area contributed by atoms with Crippen molar-refractivity contribution in [3.8, 4) is 5.75 Å². The average Bonchev–Trinajstić information content (AvgIpc) is 3.14. The molecule has 1 N–H and O–H groups in total. The molecule has 8 nitrogen and oxygen atoms in total. The molecule has 4 rings (SSSR count). The number of benzene rings is 1. The molecule has 11 heteroatoms. The van der Waals surface area contributed by atoms with E-state index in [1.54, 1.807) is 20.8 Å². The normalized spacial score (nSPS) is 13.8. The number of rotatable bonds is 7. The quantitative estimate of drug-likeness (QED) is 0.505. The first-order valence-corrected chi connectivity index (χ1v) is 11.4. The number of nitrogens with one attached hydrogen (secondary N) is 1. The van der Waals surface area contributed by atoms with Crippen LogP contribution < -0.4 is 10.3 Å². The molecule has 3 aromatic rings. The molecular formula is C24H27F3N4O4. The van der Waals surface area contributed by atoms with Gasteiger partial charge in [-0.2, -0.15) is 5.10 Å². The number of imidazole rings is 1. The highest BCUT2D eigenvalue weighted by molar-refractivity contribution is 5.77. The van der Waals surface area contributed by atoms with Crippen LogP contribution in [0.4, 0.5) is 13.2 Å². The summed E-state index contributed by atoms with van der Waals surface area (Å²) in [5.74, 6) is -1.20. The van der Waals surface area contributed by atoms with Crippen LogP contribution in [0.25, 0.3) is 11.0 Å². The molecule has 1 aromatic carbocycles. The predicted octanol–water partition coefficient (Wildman–Crippen LogP) is 3.71. The Hall–Kier alpha value is -3.37. The maximum absolute atomic E-state index is 14.3. The lowest BCUT2D eigenvalue weighted by Gasteiger charge is -2.22. The molecule has 0 fully saturated rings. The van der Waals surface area contributed by atoms with Gasteiger partial charge in [-0.1, -0.05) is 0 Å². The lowest BCUT2D eigenvalue weighted by molar-refractivity contribution is -0.155. The molecular weight excluding hydrogens is 465 g/mol. The lowest BCUT2D eigenvalue weighted by atomic mass is 9.91. The van der Waals surface area contributed by atoms with Gasteiger partial charge < -0.3 is 14.5 Å². The third-order valence-corrected chi connectivity index (χ3v) is 5.53. The van der Waals surface area contributed by atoms with Gasteiger partial charge in [-0.05, 0) is 52.0 Å². The van der Waals surface area contributed by atoms with Gasteiger partial charge in [-0.3, -0.25) is 9.59 Å². The fourth-order valence-electron chi connectivity index (χ4n) is 4.18. The number of nitrogens with zero attached hydrogens (tertiary/aromatic N) is 3. The zero-order chi connectivity index (χ0) is 25.3. The zero-order valence-electron chi connectivity index (χ0n) is 19.8. The van der Waals surface area contributed by atoms with Crippen LogP contribution in [0.1, 0.15) is 56.3 Å². The Morgan fingerprint density at radius 3 is 2.60 bits per heavy atom. The number of halogens is 3. The highest BCUT2D eigenvalue weighted by Gasteiger charge is 2.24. The molecule has 0 unspecified atom stereocenters. The first kappa shape index (κ1) is 24.7. The van der Waals surface area contributed by atoms with Crippen LogP contribution in [0.2, 0.25) is 0 Å². The smallest absolute Gasteiger partial charge is 0.328 e. The van der Waals surface area contributed by atoms with Crippen LogP contribution in [-0.2, 0) is 35.3 Å². The van der Waals surface area contributed by atoms with Crippen molar-refractivity contribution in [2.45, 2.75) is 71.4 Å². The molecule has 0 amide bonds. The minimum Gasteiger partial charge on any atom is -0.484 e. The Kier molecular flexibility index (Phi) is 6.86. The van der Waals surface area contributed by atoms with Gasteiger partial charge in [0.05, 0.1) is 23.1 Å². The molecule has 1 aliphatic rings. The van der Waals surface area contributed by atoms with Crippen molar-refractivity contribution in [3.63, 3.8) is 0 Å². The average molecular weight is 492 g/mol. The molecule has 2 heterocycles. The maximum atomic E-state index is 14.3. The van der Waals surface area contributed by atoms with Crippen molar-refractivity contribution >= 4 is 17.0 Å². The summed E-state index contributed by atoms with van der Waals surface area (Å²) in [6, 6.07) is 2.40. The fraction of sp³-hybridized carbons (Fsp3) is 0.500. The Morgan fingerprint density at radius 2 is 1.91 bits per heavy atom. The minimum atomic E-state index is -2.73. The van der Waals surface area contributed by atoms with Crippen molar-refractivity contribution in [2.24, 2.45) is 0 Å². The number of aromatic nitrogens is 4. The number of hydrogen-bond donors (Lipinski definition) is 1. The van der Waals surface area contributed by atoms with Crippen LogP contribution in [-0.4, -0.2) is 44.4 Å². The first-order chi connectivity index (χ1) is 16.5. The Balaban J connectivity index is 1.66. The third kappa shape index (κ3) is 5.83. The Bertz CT molecular complexity index is 1310. The number of H-pyrrole nitrogens is 1. The number of fused-ring (bicyclic) bond motifs is 2. The number of aromatic amines is 1. The van der Waals surface area contributed by atoms with E-state index < -0.39 is 30.4 Å². The monoisotopic (exact) mass is 492 g/mol. The van der Waals surface area contributed by atoms with Gasteiger partial charge in [0.25, 0.3) is 12.0 Å². The van der Waals surface area contributed by atoms with E-state index in [2.05, 4.69) is 15.1 Å². The van der Waals surface area contributed by atoms with Gasteiger partial charge in [0.2, 0.25) is 0 Å². The first-order valence-electron chi connectivity index (χ1n) is 11.4. The van der Waals surface area contributed by atoms with E-state index in [1.807, 2.05) is 0 Å². The minimum absolute atomic E-state index is 0.209. The van der Waals surface area contributed by atoms with Crippen molar-refractivity contribution in [1.82, 2.24) is 19.7 Å². The second-order valence-electron chi connectivity index (χ2n) is 9.52. The molecule has 2 aromatic heterocycles. The fourth-order valence-corrected chi connectivity index (χ4v) is 4.18. The van der Waals surface area contributed by atoms with E-state index in [4.69, 9.17) is 9.47 Å². The van der Waals surface area contributed by atoms with Gasteiger partial charge in [0.1, 0.15) is 24.6 Å². The van der Waals surface area contributed by atoms with E-state index >= 15 is 0 Å². The third-order valence-electron chi connectivity index (χ3n) is 5.53. The number of ether oxygens (including phenoxy) is 2. The van der Waals surface area contributed by atoms with Gasteiger partial charge >= 0.3 is 5.97 Å². The summed E-state index contributed by atoms with van der Waals surface area (Å²) in [6.45, 7) is 4.00. The number of alkyl halides is 2. The summed E-state index contributed by atoms with van der Waals surface area (Å²) >= 11 is 0. The van der Waals surface area contributed by atoms with E-state index in [9.17, 15) is 22.8 Å². The summed E-state index contributed by atoms with van der Waals surface area (Å²) in [6.07, 6.45) is 0.528. The second-order valence-corrected chi connectivity index (χ2v) is 9.52. The molecule has 0 aliphatic heterocycles. The van der Waals surface area contributed by atoms with Crippen molar-refractivity contribution in [1.29, 1.82) is 0 Å². The number of hydrogen-bond acceptors (Lipinski definition) is 6. The molecule has 0 saturated carbocycles. The maximum Gasteiger partial charge on any atom is 0.328 e. The molecule has 0 saturated heterocycles. The summed E-state index contributed by atoms with van der Waals surface area (Å²) < 4.78 is 50.5. The van der Waals surface area contributed by atoms with Crippen LogP contribution in [0, 0.1) is 5.82 Å². The highest BCUT2D eigenvalue weighted by atomic mass is 19.3. The molecule has 0 spiro atoms. The van der Waals surface area contributed by atoms with E-state index in [0.29, 0.717) is 41.0 Å². The van der Waals surface area contributed by atoms with Crippen LogP contribution in [0.15, 0.2) is 16.9 Å². The molecule has 35 heavy (non-hydrogen) atoms. The molecule has 0 radical (unpaired) electrons.